The minimum absolute atomic E-state index is 0.147. The molecule has 0 amide bonds. The molecule has 0 radical (unpaired) electrons. The number of para-hydroxylation sites is 1. The second-order valence-corrected chi connectivity index (χ2v) is 5.70. The Labute approximate surface area is 122 Å². The Morgan fingerprint density at radius 3 is 2.86 bits per heavy atom. The first-order valence-electron chi connectivity index (χ1n) is 7.24. The van der Waals surface area contributed by atoms with Gasteiger partial charge in [-0.1, -0.05) is 24.3 Å². The smallest absolute Gasteiger partial charge is 0.123 e. The monoisotopic (exact) mass is 281 g/mol. The van der Waals surface area contributed by atoms with Gasteiger partial charge in [-0.3, -0.25) is 5.10 Å². The van der Waals surface area contributed by atoms with Crippen LogP contribution >= 0.6 is 0 Å². The topological polar surface area (TPSA) is 40.7 Å². The van der Waals surface area contributed by atoms with E-state index in [1.165, 1.54) is 6.07 Å². The van der Waals surface area contributed by atoms with Crippen LogP contribution < -0.4 is 5.32 Å². The van der Waals surface area contributed by atoms with Crippen molar-refractivity contribution >= 4 is 16.6 Å². The molecule has 4 heteroatoms. The molecule has 1 saturated carbocycles. The summed E-state index contributed by atoms with van der Waals surface area (Å²) < 4.78 is 13.2. The number of halogens is 1. The molecule has 1 aliphatic rings. The van der Waals surface area contributed by atoms with E-state index in [2.05, 4.69) is 21.6 Å². The van der Waals surface area contributed by atoms with Crippen LogP contribution in [0.4, 0.5) is 10.1 Å². The molecule has 106 valence electrons. The van der Waals surface area contributed by atoms with Gasteiger partial charge in [0.2, 0.25) is 0 Å². The van der Waals surface area contributed by atoms with Crippen LogP contribution in [0.15, 0.2) is 48.7 Å². The quantitative estimate of drug-likeness (QED) is 0.760. The SMILES string of the molecule is Fc1cccc(C2CC(Nc3cccc4cn[nH]c34)C2)c1. The van der Waals surface area contributed by atoms with Gasteiger partial charge in [-0.15, -0.1) is 0 Å². The van der Waals surface area contributed by atoms with Crippen molar-refractivity contribution in [1.29, 1.82) is 0 Å². The fraction of sp³-hybridized carbons (Fsp3) is 0.235. The molecule has 1 fully saturated rings. The molecule has 0 unspecified atom stereocenters. The molecule has 2 N–H and O–H groups in total. The highest BCUT2D eigenvalue weighted by atomic mass is 19.1. The lowest BCUT2D eigenvalue weighted by Gasteiger charge is -2.37. The van der Waals surface area contributed by atoms with Crippen LogP contribution in [0.3, 0.4) is 0 Å². The van der Waals surface area contributed by atoms with Crippen LogP contribution in [0.5, 0.6) is 0 Å². The van der Waals surface area contributed by atoms with E-state index in [1.807, 2.05) is 24.4 Å². The number of H-pyrrole nitrogens is 1. The molecular formula is C17H16FN3. The van der Waals surface area contributed by atoms with Gasteiger partial charge >= 0.3 is 0 Å². The van der Waals surface area contributed by atoms with Crippen molar-refractivity contribution in [2.75, 3.05) is 5.32 Å². The summed E-state index contributed by atoms with van der Waals surface area (Å²) in [7, 11) is 0. The third kappa shape index (κ3) is 2.27. The average Bonchev–Trinajstić information content (AvgIpc) is 2.91. The molecule has 1 aliphatic carbocycles. The summed E-state index contributed by atoms with van der Waals surface area (Å²) in [6, 6.07) is 13.5. The molecule has 0 saturated heterocycles. The standard InChI is InChI=1S/C17H16FN3/c18-14-5-1-3-11(7-14)13-8-15(9-13)20-16-6-2-4-12-10-19-21-17(12)16/h1-7,10,13,15,20H,8-9H2,(H,19,21). The van der Waals surface area contributed by atoms with Gasteiger partial charge in [0.05, 0.1) is 17.4 Å². The summed E-state index contributed by atoms with van der Waals surface area (Å²) in [5, 5.41) is 11.8. The second kappa shape index (κ2) is 4.88. The Hall–Kier alpha value is -2.36. The van der Waals surface area contributed by atoms with Gasteiger partial charge in [0.25, 0.3) is 0 Å². The summed E-state index contributed by atoms with van der Waals surface area (Å²) in [5.41, 5.74) is 3.24. The van der Waals surface area contributed by atoms with E-state index in [-0.39, 0.29) is 5.82 Å². The molecule has 0 aliphatic heterocycles. The fourth-order valence-electron chi connectivity index (χ4n) is 3.08. The summed E-state index contributed by atoms with van der Waals surface area (Å²) in [6.07, 6.45) is 3.90. The zero-order chi connectivity index (χ0) is 14.2. The summed E-state index contributed by atoms with van der Waals surface area (Å²) in [5.74, 6) is 0.310. The molecule has 0 spiro atoms. The number of aromatic nitrogens is 2. The van der Waals surface area contributed by atoms with Crippen LogP contribution in [0, 0.1) is 5.82 Å². The van der Waals surface area contributed by atoms with Crippen LogP contribution in [-0.4, -0.2) is 16.2 Å². The van der Waals surface area contributed by atoms with Gasteiger partial charge in [0, 0.05) is 11.4 Å². The second-order valence-electron chi connectivity index (χ2n) is 5.70. The average molecular weight is 281 g/mol. The van der Waals surface area contributed by atoms with Crippen LogP contribution in [0.1, 0.15) is 24.3 Å². The zero-order valence-electron chi connectivity index (χ0n) is 11.5. The van der Waals surface area contributed by atoms with Crippen molar-refractivity contribution in [2.45, 2.75) is 24.8 Å². The molecule has 1 aromatic heterocycles. The lowest BCUT2D eigenvalue weighted by Crippen LogP contribution is -2.34. The van der Waals surface area contributed by atoms with E-state index in [1.54, 1.807) is 12.1 Å². The van der Waals surface area contributed by atoms with Crippen molar-refractivity contribution in [3.8, 4) is 0 Å². The van der Waals surface area contributed by atoms with E-state index in [4.69, 9.17) is 0 Å². The van der Waals surface area contributed by atoms with Crippen LogP contribution in [-0.2, 0) is 0 Å². The highest BCUT2D eigenvalue weighted by molar-refractivity contribution is 5.90. The number of benzene rings is 2. The minimum Gasteiger partial charge on any atom is -0.381 e. The lowest BCUT2D eigenvalue weighted by atomic mass is 9.76. The van der Waals surface area contributed by atoms with E-state index in [0.717, 1.165) is 35.0 Å². The number of fused-ring (bicyclic) bond motifs is 1. The highest BCUT2D eigenvalue weighted by Gasteiger charge is 2.30. The van der Waals surface area contributed by atoms with Gasteiger partial charge in [-0.2, -0.15) is 5.10 Å². The van der Waals surface area contributed by atoms with E-state index < -0.39 is 0 Å². The third-order valence-electron chi connectivity index (χ3n) is 4.29. The van der Waals surface area contributed by atoms with Crippen molar-refractivity contribution in [2.24, 2.45) is 0 Å². The third-order valence-corrected chi connectivity index (χ3v) is 4.29. The van der Waals surface area contributed by atoms with Gasteiger partial charge < -0.3 is 5.32 Å². The number of anilines is 1. The van der Waals surface area contributed by atoms with Crippen molar-refractivity contribution in [3.63, 3.8) is 0 Å². The van der Waals surface area contributed by atoms with Crippen molar-refractivity contribution < 1.29 is 4.39 Å². The first-order chi connectivity index (χ1) is 10.3. The fourth-order valence-corrected chi connectivity index (χ4v) is 3.08. The van der Waals surface area contributed by atoms with Gasteiger partial charge in [-0.25, -0.2) is 4.39 Å². The van der Waals surface area contributed by atoms with Crippen LogP contribution in [0.2, 0.25) is 0 Å². The number of hydrogen-bond acceptors (Lipinski definition) is 2. The first kappa shape index (κ1) is 12.4. The summed E-state index contributed by atoms with van der Waals surface area (Å²) in [4.78, 5) is 0. The Bertz CT molecular complexity index is 774. The van der Waals surface area contributed by atoms with Crippen LogP contribution in [0.25, 0.3) is 10.9 Å². The molecule has 0 atom stereocenters. The number of nitrogens with zero attached hydrogens (tertiary/aromatic N) is 1. The normalized spacial score (nSPS) is 21.2. The predicted molar refractivity (Wildman–Crippen MR) is 81.9 cm³/mol. The predicted octanol–water partition coefficient (Wildman–Crippen LogP) is 4.06. The number of nitrogens with one attached hydrogen (secondary N) is 2. The van der Waals surface area contributed by atoms with E-state index in [0.29, 0.717) is 12.0 Å². The minimum atomic E-state index is -0.147. The maximum absolute atomic E-state index is 13.2. The maximum atomic E-state index is 13.2. The van der Waals surface area contributed by atoms with Gasteiger partial charge in [-0.05, 0) is 42.5 Å². The Morgan fingerprint density at radius 1 is 1.14 bits per heavy atom. The lowest BCUT2D eigenvalue weighted by molar-refractivity contribution is 0.373. The molecule has 21 heavy (non-hydrogen) atoms. The molecule has 1 heterocycles. The molecule has 3 nitrogen and oxygen atoms in total. The molecular weight excluding hydrogens is 265 g/mol. The first-order valence-corrected chi connectivity index (χ1v) is 7.24. The number of hydrogen-bond donors (Lipinski definition) is 2. The summed E-state index contributed by atoms with van der Waals surface area (Å²) >= 11 is 0. The zero-order valence-corrected chi connectivity index (χ0v) is 11.5. The number of aromatic amines is 1. The van der Waals surface area contributed by atoms with Gasteiger partial charge in [0.15, 0.2) is 0 Å². The highest BCUT2D eigenvalue weighted by Crippen LogP contribution is 2.39. The maximum Gasteiger partial charge on any atom is 0.123 e. The largest absolute Gasteiger partial charge is 0.381 e. The van der Waals surface area contributed by atoms with E-state index >= 15 is 0 Å². The molecule has 2 aromatic carbocycles. The Morgan fingerprint density at radius 2 is 2.00 bits per heavy atom. The summed E-state index contributed by atoms with van der Waals surface area (Å²) in [6.45, 7) is 0. The van der Waals surface area contributed by atoms with Crippen molar-refractivity contribution in [1.82, 2.24) is 10.2 Å². The van der Waals surface area contributed by atoms with E-state index in [9.17, 15) is 4.39 Å². The van der Waals surface area contributed by atoms with Crippen molar-refractivity contribution in [3.05, 3.63) is 60.0 Å². The molecule has 3 aromatic rings. The molecule has 0 bridgehead atoms. The molecule has 4 rings (SSSR count). The Balaban J connectivity index is 1.46. The number of rotatable bonds is 3. The van der Waals surface area contributed by atoms with Gasteiger partial charge in [0.1, 0.15) is 5.82 Å². The Kier molecular flexibility index (Phi) is 2.88.